The van der Waals surface area contributed by atoms with E-state index in [1.165, 1.54) is 44.9 Å². The van der Waals surface area contributed by atoms with Crippen LogP contribution in [0.3, 0.4) is 0 Å². The van der Waals surface area contributed by atoms with Gasteiger partial charge in [-0.1, -0.05) is 39.0 Å². The molecule has 4 heteroatoms. The van der Waals surface area contributed by atoms with Crippen molar-refractivity contribution in [1.82, 2.24) is 9.97 Å². The molecule has 0 unspecified atom stereocenters. The zero-order chi connectivity index (χ0) is 13.1. The molecule has 1 aromatic heterocycles. The summed E-state index contributed by atoms with van der Waals surface area (Å²) in [5.74, 6) is 1.49. The van der Waals surface area contributed by atoms with Gasteiger partial charge in [-0.15, -0.1) is 0 Å². The molecule has 18 heavy (non-hydrogen) atoms. The van der Waals surface area contributed by atoms with Crippen molar-refractivity contribution in [2.45, 2.75) is 52.4 Å². The van der Waals surface area contributed by atoms with E-state index >= 15 is 0 Å². The van der Waals surface area contributed by atoms with Crippen molar-refractivity contribution in [2.24, 2.45) is 0 Å². The van der Waals surface area contributed by atoms with Crippen molar-refractivity contribution in [3.05, 3.63) is 12.4 Å². The smallest absolute Gasteiger partial charge is 0.218 e. The molecule has 0 saturated carbocycles. The van der Waals surface area contributed by atoms with Crippen LogP contribution >= 0.6 is 0 Å². The molecule has 0 aliphatic heterocycles. The summed E-state index contributed by atoms with van der Waals surface area (Å²) in [5.41, 5.74) is 0. The molecular weight excluding hydrogens is 226 g/mol. The standard InChI is InChI=1S/C14H25N3O/c1-3-5-6-7-8-9-10-15-13-11-14(18-4-2)17-12-16-13/h11-12H,3-10H2,1-2H3,(H,15,16,17). The number of anilines is 1. The maximum atomic E-state index is 5.33. The van der Waals surface area contributed by atoms with Gasteiger partial charge in [0.05, 0.1) is 6.61 Å². The van der Waals surface area contributed by atoms with Gasteiger partial charge in [0.1, 0.15) is 12.1 Å². The van der Waals surface area contributed by atoms with Crippen molar-refractivity contribution < 1.29 is 4.74 Å². The van der Waals surface area contributed by atoms with E-state index in [1.54, 1.807) is 0 Å². The minimum atomic E-state index is 0.633. The minimum Gasteiger partial charge on any atom is -0.478 e. The first kappa shape index (κ1) is 14.7. The predicted molar refractivity (Wildman–Crippen MR) is 75.1 cm³/mol. The molecule has 102 valence electrons. The fraction of sp³-hybridized carbons (Fsp3) is 0.714. The monoisotopic (exact) mass is 251 g/mol. The molecule has 0 radical (unpaired) electrons. The Morgan fingerprint density at radius 1 is 1.06 bits per heavy atom. The minimum absolute atomic E-state index is 0.633. The van der Waals surface area contributed by atoms with E-state index in [1.807, 2.05) is 13.0 Å². The van der Waals surface area contributed by atoms with Gasteiger partial charge in [0.15, 0.2) is 0 Å². The zero-order valence-electron chi connectivity index (χ0n) is 11.6. The summed E-state index contributed by atoms with van der Waals surface area (Å²) in [6.07, 6.45) is 9.38. The van der Waals surface area contributed by atoms with Crippen molar-refractivity contribution in [2.75, 3.05) is 18.5 Å². The van der Waals surface area contributed by atoms with E-state index in [-0.39, 0.29) is 0 Å². The Hall–Kier alpha value is -1.32. The third-order valence-electron chi connectivity index (χ3n) is 2.77. The van der Waals surface area contributed by atoms with Crippen molar-refractivity contribution >= 4 is 5.82 Å². The van der Waals surface area contributed by atoms with Crippen LogP contribution in [0.1, 0.15) is 52.4 Å². The van der Waals surface area contributed by atoms with Gasteiger partial charge in [0.2, 0.25) is 5.88 Å². The topological polar surface area (TPSA) is 47.0 Å². The average Bonchev–Trinajstić information content (AvgIpc) is 2.39. The van der Waals surface area contributed by atoms with Crippen LogP contribution < -0.4 is 10.1 Å². The lowest BCUT2D eigenvalue weighted by Crippen LogP contribution is -2.04. The van der Waals surface area contributed by atoms with E-state index < -0.39 is 0 Å². The molecule has 1 aromatic rings. The van der Waals surface area contributed by atoms with Crippen LogP contribution in [0.15, 0.2) is 12.4 Å². The number of hydrogen-bond acceptors (Lipinski definition) is 4. The summed E-state index contributed by atoms with van der Waals surface area (Å²) in [6, 6.07) is 1.85. The number of nitrogens with zero attached hydrogens (tertiary/aromatic N) is 2. The molecule has 0 aliphatic carbocycles. The Bertz CT molecular complexity index is 318. The molecule has 1 rings (SSSR count). The van der Waals surface area contributed by atoms with E-state index in [9.17, 15) is 0 Å². The van der Waals surface area contributed by atoms with Crippen LogP contribution in [-0.2, 0) is 0 Å². The molecule has 0 atom stereocenters. The number of rotatable bonds is 10. The summed E-state index contributed by atoms with van der Waals surface area (Å²) in [6.45, 7) is 5.79. The quantitative estimate of drug-likeness (QED) is 0.645. The fourth-order valence-electron chi connectivity index (χ4n) is 1.78. The van der Waals surface area contributed by atoms with Crippen LogP contribution in [0.5, 0.6) is 5.88 Å². The van der Waals surface area contributed by atoms with Crippen LogP contribution in [0.25, 0.3) is 0 Å². The Kier molecular flexibility index (Phi) is 7.93. The molecule has 0 spiro atoms. The van der Waals surface area contributed by atoms with Gasteiger partial charge in [-0.2, -0.15) is 0 Å². The molecule has 0 bridgehead atoms. The van der Waals surface area contributed by atoms with Crippen molar-refractivity contribution in [3.8, 4) is 5.88 Å². The highest BCUT2D eigenvalue weighted by Crippen LogP contribution is 2.11. The molecule has 0 saturated heterocycles. The maximum absolute atomic E-state index is 5.33. The first-order valence-corrected chi connectivity index (χ1v) is 7.05. The Labute approximate surface area is 110 Å². The summed E-state index contributed by atoms with van der Waals surface area (Å²) in [4.78, 5) is 8.20. The van der Waals surface area contributed by atoms with Crippen LogP contribution in [0.2, 0.25) is 0 Å². The zero-order valence-corrected chi connectivity index (χ0v) is 11.6. The van der Waals surface area contributed by atoms with Gasteiger partial charge >= 0.3 is 0 Å². The SMILES string of the molecule is CCCCCCCCNc1cc(OCC)ncn1. The maximum Gasteiger partial charge on any atom is 0.218 e. The van der Waals surface area contributed by atoms with Gasteiger partial charge in [-0.3, -0.25) is 0 Å². The highest BCUT2D eigenvalue weighted by Gasteiger charge is 1.98. The molecule has 0 aliphatic rings. The largest absolute Gasteiger partial charge is 0.478 e. The van der Waals surface area contributed by atoms with Crippen LogP contribution in [0, 0.1) is 0 Å². The highest BCUT2D eigenvalue weighted by molar-refractivity contribution is 5.36. The summed E-state index contributed by atoms with van der Waals surface area (Å²) >= 11 is 0. The van der Waals surface area contributed by atoms with Gasteiger partial charge in [-0.05, 0) is 13.3 Å². The second-order valence-electron chi connectivity index (χ2n) is 4.37. The van der Waals surface area contributed by atoms with Gasteiger partial charge in [0.25, 0.3) is 0 Å². The third-order valence-corrected chi connectivity index (χ3v) is 2.77. The van der Waals surface area contributed by atoms with E-state index in [0.717, 1.165) is 12.4 Å². The second kappa shape index (κ2) is 9.68. The predicted octanol–water partition coefficient (Wildman–Crippen LogP) is 3.65. The Morgan fingerprint density at radius 3 is 2.61 bits per heavy atom. The summed E-state index contributed by atoms with van der Waals surface area (Å²) < 4.78 is 5.33. The molecule has 1 heterocycles. The number of aromatic nitrogens is 2. The lowest BCUT2D eigenvalue weighted by Gasteiger charge is -2.07. The fourth-order valence-corrected chi connectivity index (χ4v) is 1.78. The molecular formula is C14H25N3O. The molecule has 0 aromatic carbocycles. The lowest BCUT2D eigenvalue weighted by molar-refractivity contribution is 0.326. The number of unbranched alkanes of at least 4 members (excludes halogenated alkanes) is 5. The average molecular weight is 251 g/mol. The summed E-state index contributed by atoms with van der Waals surface area (Å²) in [5, 5.41) is 3.30. The van der Waals surface area contributed by atoms with Gasteiger partial charge < -0.3 is 10.1 Å². The highest BCUT2D eigenvalue weighted by atomic mass is 16.5. The van der Waals surface area contributed by atoms with E-state index in [4.69, 9.17) is 4.74 Å². The van der Waals surface area contributed by atoms with Crippen molar-refractivity contribution in [3.63, 3.8) is 0 Å². The third kappa shape index (κ3) is 6.42. The summed E-state index contributed by atoms with van der Waals surface area (Å²) in [7, 11) is 0. The number of hydrogen-bond donors (Lipinski definition) is 1. The molecule has 4 nitrogen and oxygen atoms in total. The Morgan fingerprint density at radius 2 is 1.83 bits per heavy atom. The first-order valence-electron chi connectivity index (χ1n) is 7.05. The first-order chi connectivity index (χ1) is 8.86. The molecule has 0 amide bonds. The molecule has 0 fully saturated rings. The van der Waals surface area contributed by atoms with Crippen LogP contribution in [0.4, 0.5) is 5.82 Å². The van der Waals surface area contributed by atoms with Gasteiger partial charge in [0, 0.05) is 12.6 Å². The molecule has 1 N–H and O–H groups in total. The van der Waals surface area contributed by atoms with Crippen molar-refractivity contribution in [1.29, 1.82) is 0 Å². The lowest BCUT2D eigenvalue weighted by atomic mass is 10.1. The van der Waals surface area contributed by atoms with Gasteiger partial charge in [-0.25, -0.2) is 9.97 Å². The number of ether oxygens (including phenoxy) is 1. The van der Waals surface area contributed by atoms with E-state index in [0.29, 0.717) is 12.5 Å². The van der Waals surface area contributed by atoms with E-state index in [2.05, 4.69) is 22.2 Å². The second-order valence-corrected chi connectivity index (χ2v) is 4.37. The van der Waals surface area contributed by atoms with Crippen LogP contribution in [-0.4, -0.2) is 23.1 Å². The normalized spacial score (nSPS) is 10.3. The number of nitrogens with one attached hydrogen (secondary N) is 1. The Balaban J connectivity index is 2.13.